The van der Waals surface area contributed by atoms with E-state index in [1.54, 1.807) is 23.1 Å². The van der Waals surface area contributed by atoms with Gasteiger partial charge in [0.1, 0.15) is 0 Å². The Hall–Kier alpha value is -2.37. The van der Waals surface area contributed by atoms with E-state index < -0.39 is 5.97 Å². The first-order valence-corrected chi connectivity index (χ1v) is 8.39. The molecule has 0 aromatic heterocycles. The minimum atomic E-state index is -0.567. The van der Waals surface area contributed by atoms with Gasteiger partial charge in [0.2, 0.25) is 5.91 Å². The monoisotopic (exact) mass is 332 g/mol. The largest absolute Gasteiger partial charge is 0.452 e. The van der Waals surface area contributed by atoms with E-state index in [9.17, 15) is 14.4 Å². The second kappa shape index (κ2) is 9.05. The van der Waals surface area contributed by atoms with Crippen LogP contribution in [0.3, 0.4) is 0 Å². The van der Waals surface area contributed by atoms with Gasteiger partial charge in [-0.25, -0.2) is 4.79 Å². The molecule has 0 unspecified atom stereocenters. The number of amides is 2. The lowest BCUT2D eigenvalue weighted by molar-refractivity contribution is -0.134. The number of esters is 1. The van der Waals surface area contributed by atoms with Crippen molar-refractivity contribution in [1.29, 1.82) is 0 Å². The number of likely N-dealkylation sites (tertiary alicyclic amines) is 1. The zero-order valence-corrected chi connectivity index (χ0v) is 14.0. The number of rotatable bonds is 4. The summed E-state index contributed by atoms with van der Waals surface area (Å²) in [4.78, 5) is 37.1. The average Bonchev–Trinajstić information content (AvgIpc) is 2.51. The molecule has 1 N–H and O–H groups in total. The number of nitrogens with one attached hydrogen (secondary N) is 1. The Bertz CT molecular complexity index is 592. The zero-order valence-electron chi connectivity index (χ0n) is 14.0. The summed E-state index contributed by atoms with van der Waals surface area (Å²) in [5.74, 6) is -0.932. The molecule has 0 saturated carbocycles. The van der Waals surface area contributed by atoms with E-state index in [2.05, 4.69) is 5.32 Å². The van der Waals surface area contributed by atoms with Crippen molar-refractivity contribution in [3.05, 3.63) is 29.8 Å². The van der Waals surface area contributed by atoms with E-state index in [1.165, 1.54) is 19.4 Å². The van der Waals surface area contributed by atoms with Crippen LogP contribution in [0.5, 0.6) is 0 Å². The topological polar surface area (TPSA) is 75.7 Å². The summed E-state index contributed by atoms with van der Waals surface area (Å²) in [6.07, 6.45) is 5.50. The highest BCUT2D eigenvalue weighted by atomic mass is 16.5. The summed E-state index contributed by atoms with van der Waals surface area (Å²) in [5.41, 5.74) is 0.828. The van der Waals surface area contributed by atoms with E-state index in [1.807, 2.05) is 0 Å². The van der Waals surface area contributed by atoms with Gasteiger partial charge in [-0.15, -0.1) is 0 Å². The second-order valence-electron chi connectivity index (χ2n) is 5.99. The van der Waals surface area contributed by atoms with Crippen molar-refractivity contribution in [2.75, 3.05) is 25.0 Å². The number of nitrogens with zero attached hydrogens (tertiary/aromatic N) is 1. The molecule has 0 spiro atoms. The van der Waals surface area contributed by atoms with Crippen molar-refractivity contribution in [2.45, 2.75) is 39.0 Å². The first-order chi connectivity index (χ1) is 11.6. The number of hydrogen-bond acceptors (Lipinski definition) is 4. The van der Waals surface area contributed by atoms with E-state index >= 15 is 0 Å². The van der Waals surface area contributed by atoms with Gasteiger partial charge in [-0.05, 0) is 31.0 Å². The Morgan fingerprint density at radius 3 is 2.42 bits per heavy atom. The molecule has 2 rings (SSSR count). The van der Waals surface area contributed by atoms with Crippen LogP contribution < -0.4 is 5.32 Å². The summed E-state index contributed by atoms with van der Waals surface area (Å²) in [6.45, 7) is 2.61. The molecule has 6 heteroatoms. The number of carbonyl (C=O) groups excluding carboxylic acids is 3. The Morgan fingerprint density at radius 1 is 1.08 bits per heavy atom. The van der Waals surface area contributed by atoms with E-state index in [0.717, 1.165) is 38.8 Å². The minimum Gasteiger partial charge on any atom is -0.452 e. The van der Waals surface area contributed by atoms with Crippen LogP contribution in [-0.2, 0) is 14.3 Å². The molecule has 0 atom stereocenters. The van der Waals surface area contributed by atoms with Gasteiger partial charge in [0.15, 0.2) is 6.61 Å². The van der Waals surface area contributed by atoms with Crippen LogP contribution in [0.4, 0.5) is 5.69 Å². The molecule has 130 valence electrons. The first-order valence-electron chi connectivity index (χ1n) is 8.39. The summed E-state index contributed by atoms with van der Waals surface area (Å²) in [6, 6.07) is 6.46. The highest BCUT2D eigenvalue weighted by Crippen LogP contribution is 2.13. The quantitative estimate of drug-likeness (QED) is 0.860. The average molecular weight is 332 g/mol. The zero-order chi connectivity index (χ0) is 17.4. The van der Waals surface area contributed by atoms with Gasteiger partial charge in [0.05, 0.1) is 5.56 Å². The molecule has 1 fully saturated rings. The van der Waals surface area contributed by atoms with Gasteiger partial charge in [-0.2, -0.15) is 0 Å². The Morgan fingerprint density at radius 2 is 1.75 bits per heavy atom. The summed E-state index contributed by atoms with van der Waals surface area (Å²) < 4.78 is 5.13. The van der Waals surface area contributed by atoms with E-state index in [-0.39, 0.29) is 18.4 Å². The fraction of sp³-hybridized carbons (Fsp3) is 0.500. The van der Waals surface area contributed by atoms with Crippen LogP contribution in [0.2, 0.25) is 0 Å². The highest BCUT2D eigenvalue weighted by molar-refractivity contribution is 5.94. The third-order valence-corrected chi connectivity index (χ3v) is 3.95. The van der Waals surface area contributed by atoms with Crippen molar-refractivity contribution in [2.24, 2.45) is 0 Å². The van der Waals surface area contributed by atoms with Crippen molar-refractivity contribution in [3.63, 3.8) is 0 Å². The van der Waals surface area contributed by atoms with Gasteiger partial charge < -0.3 is 15.0 Å². The third kappa shape index (κ3) is 5.68. The maximum Gasteiger partial charge on any atom is 0.338 e. The van der Waals surface area contributed by atoms with Crippen molar-refractivity contribution >= 4 is 23.5 Å². The van der Waals surface area contributed by atoms with E-state index in [4.69, 9.17) is 4.74 Å². The van der Waals surface area contributed by atoms with Gasteiger partial charge in [-0.3, -0.25) is 9.59 Å². The molecule has 24 heavy (non-hydrogen) atoms. The third-order valence-electron chi connectivity index (χ3n) is 3.95. The van der Waals surface area contributed by atoms with E-state index in [0.29, 0.717) is 11.3 Å². The summed E-state index contributed by atoms with van der Waals surface area (Å²) in [7, 11) is 0. The van der Waals surface area contributed by atoms with Gasteiger partial charge in [0.25, 0.3) is 5.91 Å². The maximum atomic E-state index is 12.2. The molecular formula is C18H24N2O4. The Kier molecular flexibility index (Phi) is 6.78. The highest BCUT2D eigenvalue weighted by Gasteiger charge is 2.17. The van der Waals surface area contributed by atoms with Crippen molar-refractivity contribution in [1.82, 2.24) is 4.90 Å². The predicted molar refractivity (Wildman–Crippen MR) is 90.7 cm³/mol. The fourth-order valence-corrected chi connectivity index (χ4v) is 2.73. The van der Waals surface area contributed by atoms with Crippen LogP contribution >= 0.6 is 0 Å². The number of carbonyl (C=O) groups is 3. The molecule has 1 saturated heterocycles. The van der Waals surface area contributed by atoms with Crippen molar-refractivity contribution in [3.8, 4) is 0 Å². The van der Waals surface area contributed by atoms with Gasteiger partial charge >= 0.3 is 5.97 Å². The molecule has 0 radical (unpaired) electrons. The first kappa shape index (κ1) is 18.0. The molecule has 2 amide bonds. The summed E-state index contributed by atoms with van der Waals surface area (Å²) in [5, 5.41) is 2.61. The lowest BCUT2D eigenvalue weighted by Crippen LogP contribution is -2.36. The van der Waals surface area contributed by atoms with Crippen molar-refractivity contribution < 1.29 is 19.1 Å². The number of hydrogen-bond donors (Lipinski definition) is 1. The lowest BCUT2D eigenvalue weighted by atomic mass is 10.1. The molecule has 1 aliphatic rings. The number of ether oxygens (including phenoxy) is 1. The fourth-order valence-electron chi connectivity index (χ4n) is 2.73. The molecular weight excluding hydrogens is 308 g/mol. The lowest BCUT2D eigenvalue weighted by Gasteiger charge is -2.24. The molecule has 1 aliphatic heterocycles. The predicted octanol–water partition coefficient (Wildman–Crippen LogP) is 2.59. The molecule has 1 aromatic rings. The normalized spacial score (nSPS) is 15.1. The second-order valence-corrected chi connectivity index (χ2v) is 5.99. The van der Waals surface area contributed by atoms with Crippen LogP contribution in [-0.4, -0.2) is 42.4 Å². The molecule has 0 bridgehead atoms. The molecule has 1 aromatic carbocycles. The molecule has 0 aliphatic carbocycles. The Labute approximate surface area is 142 Å². The van der Waals surface area contributed by atoms with Gasteiger partial charge in [-0.1, -0.05) is 25.3 Å². The van der Waals surface area contributed by atoms with Crippen LogP contribution in [0.1, 0.15) is 49.4 Å². The van der Waals surface area contributed by atoms with Crippen LogP contribution in [0, 0.1) is 0 Å². The number of benzene rings is 1. The summed E-state index contributed by atoms with van der Waals surface area (Å²) >= 11 is 0. The Balaban J connectivity index is 1.87. The molecule has 6 nitrogen and oxygen atoms in total. The standard InChI is InChI=1S/C18H24N2O4/c1-14(21)19-16-9-7-8-15(12-16)18(23)24-13-17(22)20-10-5-3-2-4-6-11-20/h7-9,12H,2-6,10-11,13H2,1H3,(H,19,21). The minimum absolute atomic E-state index is 0.150. The number of anilines is 1. The van der Waals surface area contributed by atoms with Crippen LogP contribution in [0.25, 0.3) is 0 Å². The van der Waals surface area contributed by atoms with Gasteiger partial charge in [0, 0.05) is 25.7 Å². The SMILES string of the molecule is CC(=O)Nc1cccc(C(=O)OCC(=O)N2CCCCCCC2)c1. The molecule has 1 heterocycles. The maximum absolute atomic E-state index is 12.2. The van der Waals surface area contributed by atoms with Crippen LogP contribution in [0.15, 0.2) is 24.3 Å². The smallest absolute Gasteiger partial charge is 0.338 e.